The molecule has 1 N–H and O–H groups in total. The molecule has 0 saturated heterocycles. The maximum Gasteiger partial charge on any atom is 0.257 e. The van der Waals surface area contributed by atoms with E-state index in [1.54, 1.807) is 10.7 Å². The normalized spacial score (nSPS) is 11.0. The number of nitrogens with zero attached hydrogens (tertiary/aromatic N) is 3. The van der Waals surface area contributed by atoms with Gasteiger partial charge in [-0.15, -0.1) is 0 Å². The first kappa shape index (κ1) is 18.9. The highest BCUT2D eigenvalue weighted by Crippen LogP contribution is 2.20. The molecule has 2 heterocycles. The Labute approximate surface area is 170 Å². The molecular formula is C24H24N4O. The summed E-state index contributed by atoms with van der Waals surface area (Å²) in [5.74, 6) is -0.164. The van der Waals surface area contributed by atoms with Crippen molar-refractivity contribution < 1.29 is 4.79 Å². The molecule has 5 nitrogen and oxygen atoms in total. The largest absolute Gasteiger partial charge is 0.348 e. The van der Waals surface area contributed by atoms with Crippen LogP contribution in [0.4, 0.5) is 0 Å². The van der Waals surface area contributed by atoms with Crippen LogP contribution in [0.2, 0.25) is 0 Å². The average molecular weight is 384 g/mol. The second-order valence-electron chi connectivity index (χ2n) is 7.39. The fourth-order valence-corrected chi connectivity index (χ4v) is 3.51. The number of hydrogen-bond donors (Lipinski definition) is 1. The van der Waals surface area contributed by atoms with E-state index >= 15 is 0 Å². The molecule has 4 aromatic rings. The van der Waals surface area contributed by atoms with E-state index in [4.69, 9.17) is 4.98 Å². The summed E-state index contributed by atoms with van der Waals surface area (Å²) < 4.78 is 1.77. The van der Waals surface area contributed by atoms with Crippen LogP contribution < -0.4 is 5.32 Å². The van der Waals surface area contributed by atoms with Crippen LogP contribution in [0.1, 0.15) is 44.0 Å². The number of nitrogens with one attached hydrogen (secondary N) is 1. The summed E-state index contributed by atoms with van der Waals surface area (Å²) in [7, 11) is 0. The van der Waals surface area contributed by atoms with Gasteiger partial charge in [0.15, 0.2) is 5.65 Å². The van der Waals surface area contributed by atoms with Gasteiger partial charge in [0.05, 0.1) is 6.20 Å². The van der Waals surface area contributed by atoms with Gasteiger partial charge in [0.25, 0.3) is 5.91 Å². The average Bonchev–Trinajstić information content (AvgIpc) is 3.15. The molecule has 2 aromatic carbocycles. The van der Waals surface area contributed by atoms with Gasteiger partial charge in [-0.25, -0.2) is 9.50 Å². The molecule has 0 aliphatic rings. The lowest BCUT2D eigenvalue weighted by Crippen LogP contribution is -2.23. The number of aryl methyl sites for hydroxylation is 3. The lowest BCUT2D eigenvalue weighted by atomic mass is 10.0. The predicted molar refractivity (Wildman–Crippen MR) is 114 cm³/mol. The fraction of sp³-hybridized carbons (Fsp3) is 0.208. The van der Waals surface area contributed by atoms with Crippen molar-refractivity contribution in [2.75, 3.05) is 0 Å². The lowest BCUT2D eigenvalue weighted by molar-refractivity contribution is 0.0952. The third-order valence-corrected chi connectivity index (χ3v) is 5.25. The highest BCUT2D eigenvalue weighted by molar-refractivity contribution is 5.99. The third-order valence-electron chi connectivity index (χ3n) is 5.25. The molecule has 0 radical (unpaired) electrons. The van der Waals surface area contributed by atoms with Crippen LogP contribution in [0.5, 0.6) is 0 Å². The van der Waals surface area contributed by atoms with Gasteiger partial charge < -0.3 is 5.32 Å². The maximum atomic E-state index is 12.8. The van der Waals surface area contributed by atoms with Gasteiger partial charge in [-0.05, 0) is 37.5 Å². The number of aromatic nitrogens is 3. The van der Waals surface area contributed by atoms with Crippen LogP contribution in [-0.2, 0) is 13.0 Å². The Morgan fingerprint density at radius 2 is 1.69 bits per heavy atom. The zero-order chi connectivity index (χ0) is 20.4. The van der Waals surface area contributed by atoms with E-state index in [1.165, 1.54) is 11.1 Å². The predicted octanol–water partition coefficient (Wildman–Crippen LogP) is 4.18. The molecule has 0 aliphatic carbocycles. The van der Waals surface area contributed by atoms with E-state index in [-0.39, 0.29) is 5.91 Å². The number of fused-ring (bicyclic) bond motifs is 1. The summed E-state index contributed by atoms with van der Waals surface area (Å²) >= 11 is 0. The molecule has 4 rings (SSSR count). The van der Waals surface area contributed by atoms with E-state index in [9.17, 15) is 4.79 Å². The first-order valence-electron chi connectivity index (χ1n) is 9.74. The van der Waals surface area contributed by atoms with Crippen molar-refractivity contribution in [3.8, 4) is 0 Å². The summed E-state index contributed by atoms with van der Waals surface area (Å²) in [6.07, 6.45) is 2.39. The highest BCUT2D eigenvalue weighted by atomic mass is 16.1. The van der Waals surface area contributed by atoms with Crippen molar-refractivity contribution in [2.24, 2.45) is 0 Å². The van der Waals surface area contributed by atoms with Crippen molar-refractivity contribution in [1.29, 1.82) is 0 Å². The van der Waals surface area contributed by atoms with Crippen molar-refractivity contribution in [1.82, 2.24) is 19.9 Å². The van der Waals surface area contributed by atoms with Crippen LogP contribution in [-0.4, -0.2) is 20.5 Å². The second-order valence-corrected chi connectivity index (χ2v) is 7.39. The Balaban J connectivity index is 1.59. The molecule has 0 unspecified atom stereocenters. The Hall–Kier alpha value is -3.47. The minimum atomic E-state index is -0.164. The van der Waals surface area contributed by atoms with Crippen LogP contribution in [0, 0.1) is 20.8 Å². The molecule has 0 bridgehead atoms. The number of carbonyl (C=O) groups excluding carboxylic acids is 1. The van der Waals surface area contributed by atoms with Gasteiger partial charge in [0.2, 0.25) is 0 Å². The molecule has 0 saturated carbocycles. The van der Waals surface area contributed by atoms with Gasteiger partial charge in [-0.2, -0.15) is 5.10 Å². The monoisotopic (exact) mass is 384 g/mol. The summed E-state index contributed by atoms with van der Waals surface area (Å²) in [6, 6.07) is 18.4. The second kappa shape index (κ2) is 7.87. The number of hydrogen-bond acceptors (Lipinski definition) is 3. The molecule has 2 aromatic heterocycles. The summed E-state index contributed by atoms with van der Waals surface area (Å²) in [5, 5.41) is 7.42. The minimum absolute atomic E-state index is 0.164. The molecule has 0 spiro atoms. The van der Waals surface area contributed by atoms with Gasteiger partial charge in [-0.1, -0.05) is 60.2 Å². The van der Waals surface area contributed by atoms with Gasteiger partial charge in [0, 0.05) is 24.4 Å². The first-order chi connectivity index (χ1) is 14.0. The van der Waals surface area contributed by atoms with Gasteiger partial charge >= 0.3 is 0 Å². The number of benzene rings is 2. The zero-order valence-electron chi connectivity index (χ0n) is 16.9. The lowest BCUT2D eigenvalue weighted by Gasteiger charge is -2.12. The number of amides is 1. The smallest absolute Gasteiger partial charge is 0.257 e. The maximum absolute atomic E-state index is 12.8. The Morgan fingerprint density at radius 1 is 0.966 bits per heavy atom. The molecule has 0 fully saturated rings. The fourth-order valence-electron chi connectivity index (χ4n) is 3.51. The minimum Gasteiger partial charge on any atom is -0.348 e. The molecule has 1 amide bonds. The molecule has 0 aliphatic heterocycles. The molecule has 146 valence electrons. The number of carbonyl (C=O) groups is 1. The van der Waals surface area contributed by atoms with Crippen LogP contribution >= 0.6 is 0 Å². The zero-order valence-corrected chi connectivity index (χ0v) is 16.9. The van der Waals surface area contributed by atoms with E-state index in [1.807, 2.05) is 63.2 Å². The van der Waals surface area contributed by atoms with E-state index in [0.29, 0.717) is 17.8 Å². The summed E-state index contributed by atoms with van der Waals surface area (Å²) in [5.41, 5.74) is 7.64. The Morgan fingerprint density at radius 3 is 2.41 bits per heavy atom. The van der Waals surface area contributed by atoms with Crippen molar-refractivity contribution >= 4 is 11.6 Å². The molecule has 5 heteroatoms. The molecular weight excluding hydrogens is 360 g/mol. The van der Waals surface area contributed by atoms with Crippen LogP contribution in [0.3, 0.4) is 0 Å². The van der Waals surface area contributed by atoms with Crippen molar-refractivity contribution in [2.45, 2.75) is 33.7 Å². The van der Waals surface area contributed by atoms with E-state index < -0.39 is 0 Å². The first-order valence-corrected chi connectivity index (χ1v) is 9.74. The standard InChI is InChI=1S/C24H24N4O/c1-16-9-11-20(12-10-16)14-25-24(29)22-15-26-28-18(3)21(17(2)27-23(22)28)13-19-7-5-4-6-8-19/h4-12,15H,13-14H2,1-3H3,(H,25,29). The number of rotatable bonds is 5. The Kier molecular flexibility index (Phi) is 5.12. The van der Waals surface area contributed by atoms with E-state index in [0.717, 1.165) is 28.9 Å². The quantitative estimate of drug-likeness (QED) is 0.562. The molecule has 29 heavy (non-hydrogen) atoms. The van der Waals surface area contributed by atoms with E-state index in [2.05, 4.69) is 22.5 Å². The molecule has 0 atom stereocenters. The van der Waals surface area contributed by atoms with Crippen molar-refractivity contribution in [3.63, 3.8) is 0 Å². The van der Waals surface area contributed by atoms with Crippen LogP contribution in [0.15, 0.2) is 60.8 Å². The SMILES string of the molecule is Cc1ccc(CNC(=O)c2cnn3c(C)c(Cc4ccccc4)c(C)nc23)cc1. The third kappa shape index (κ3) is 3.90. The van der Waals surface area contributed by atoms with Gasteiger partial charge in [-0.3, -0.25) is 4.79 Å². The Bertz CT molecular complexity index is 1160. The van der Waals surface area contributed by atoms with Crippen molar-refractivity contribution in [3.05, 3.63) is 100.0 Å². The topological polar surface area (TPSA) is 59.3 Å². The highest BCUT2D eigenvalue weighted by Gasteiger charge is 2.18. The van der Waals surface area contributed by atoms with Gasteiger partial charge in [0.1, 0.15) is 5.56 Å². The summed E-state index contributed by atoms with van der Waals surface area (Å²) in [6.45, 7) is 6.54. The van der Waals surface area contributed by atoms with Crippen LogP contribution in [0.25, 0.3) is 5.65 Å². The summed E-state index contributed by atoms with van der Waals surface area (Å²) in [4.78, 5) is 17.5.